The maximum absolute atomic E-state index is 5.86. The standard InChI is InChI=1S/C21H26N4/c1-17-8-9-19(21(12-17)20-13-23-24(2)15-20)16-25(11-10-22)14-18-6-4-3-5-7-18/h3-9,12-13,15H,10-11,14,16,22H2,1-2H3. The fourth-order valence-electron chi connectivity index (χ4n) is 3.14. The SMILES string of the molecule is Cc1ccc(CN(CCN)Cc2ccccc2)c(-c2cnn(C)c2)c1. The highest BCUT2D eigenvalue weighted by Crippen LogP contribution is 2.26. The molecule has 3 aromatic rings. The molecule has 0 bridgehead atoms. The molecule has 1 heterocycles. The molecule has 130 valence electrons. The summed E-state index contributed by atoms with van der Waals surface area (Å²) in [6.45, 7) is 5.43. The molecule has 4 heteroatoms. The molecule has 0 saturated carbocycles. The first kappa shape index (κ1) is 17.4. The minimum absolute atomic E-state index is 0.654. The Balaban J connectivity index is 1.86. The van der Waals surface area contributed by atoms with Crippen molar-refractivity contribution in [2.24, 2.45) is 12.8 Å². The van der Waals surface area contributed by atoms with Gasteiger partial charge in [0.05, 0.1) is 6.20 Å². The van der Waals surface area contributed by atoms with Crippen molar-refractivity contribution in [1.29, 1.82) is 0 Å². The van der Waals surface area contributed by atoms with Gasteiger partial charge in [-0.05, 0) is 23.6 Å². The number of aryl methyl sites for hydroxylation is 2. The molecule has 0 radical (unpaired) electrons. The van der Waals surface area contributed by atoms with Crippen LogP contribution in [0.2, 0.25) is 0 Å². The summed E-state index contributed by atoms with van der Waals surface area (Å²) in [7, 11) is 1.95. The van der Waals surface area contributed by atoms with E-state index in [4.69, 9.17) is 5.73 Å². The smallest absolute Gasteiger partial charge is 0.0568 e. The Bertz CT molecular complexity index is 808. The summed E-state index contributed by atoms with van der Waals surface area (Å²) in [5.41, 5.74) is 12.2. The van der Waals surface area contributed by atoms with Gasteiger partial charge in [0, 0.05) is 45.0 Å². The summed E-state index contributed by atoms with van der Waals surface area (Å²) >= 11 is 0. The number of hydrogen-bond donors (Lipinski definition) is 1. The molecule has 0 fully saturated rings. The summed E-state index contributed by atoms with van der Waals surface area (Å²) in [5, 5.41) is 4.33. The van der Waals surface area contributed by atoms with Gasteiger partial charge in [-0.25, -0.2) is 0 Å². The van der Waals surface area contributed by atoms with E-state index in [0.717, 1.165) is 25.2 Å². The molecule has 3 rings (SSSR count). The molecular formula is C21H26N4. The van der Waals surface area contributed by atoms with E-state index in [1.807, 2.05) is 17.9 Å². The van der Waals surface area contributed by atoms with Gasteiger partial charge in [0.2, 0.25) is 0 Å². The monoisotopic (exact) mass is 334 g/mol. The van der Waals surface area contributed by atoms with E-state index < -0.39 is 0 Å². The topological polar surface area (TPSA) is 47.1 Å². The molecule has 25 heavy (non-hydrogen) atoms. The largest absolute Gasteiger partial charge is 0.329 e. The van der Waals surface area contributed by atoms with Crippen molar-refractivity contribution in [2.75, 3.05) is 13.1 Å². The van der Waals surface area contributed by atoms with Crippen LogP contribution in [-0.4, -0.2) is 27.8 Å². The van der Waals surface area contributed by atoms with Gasteiger partial charge in [0.1, 0.15) is 0 Å². The third kappa shape index (κ3) is 4.56. The van der Waals surface area contributed by atoms with Gasteiger partial charge in [0.25, 0.3) is 0 Å². The summed E-state index contributed by atoms with van der Waals surface area (Å²) in [6, 6.07) is 17.2. The van der Waals surface area contributed by atoms with Gasteiger partial charge in [-0.3, -0.25) is 9.58 Å². The molecule has 0 unspecified atom stereocenters. The van der Waals surface area contributed by atoms with Crippen molar-refractivity contribution in [2.45, 2.75) is 20.0 Å². The Morgan fingerprint density at radius 1 is 1.08 bits per heavy atom. The van der Waals surface area contributed by atoms with Crippen LogP contribution in [0.15, 0.2) is 60.9 Å². The zero-order valence-electron chi connectivity index (χ0n) is 15.0. The molecule has 2 aromatic carbocycles. The number of benzene rings is 2. The Morgan fingerprint density at radius 3 is 2.56 bits per heavy atom. The van der Waals surface area contributed by atoms with E-state index in [2.05, 4.69) is 71.7 Å². The van der Waals surface area contributed by atoms with E-state index in [1.165, 1.54) is 22.3 Å². The second-order valence-electron chi connectivity index (χ2n) is 6.55. The predicted molar refractivity (Wildman–Crippen MR) is 103 cm³/mol. The van der Waals surface area contributed by atoms with Crippen LogP contribution in [0.1, 0.15) is 16.7 Å². The van der Waals surface area contributed by atoms with E-state index in [9.17, 15) is 0 Å². The number of rotatable bonds is 7. The highest BCUT2D eigenvalue weighted by molar-refractivity contribution is 5.66. The fraction of sp³-hybridized carbons (Fsp3) is 0.286. The average Bonchev–Trinajstić information content (AvgIpc) is 3.04. The van der Waals surface area contributed by atoms with E-state index in [-0.39, 0.29) is 0 Å². The van der Waals surface area contributed by atoms with Gasteiger partial charge in [-0.15, -0.1) is 0 Å². The summed E-state index contributed by atoms with van der Waals surface area (Å²) in [5.74, 6) is 0. The van der Waals surface area contributed by atoms with Crippen molar-refractivity contribution in [3.63, 3.8) is 0 Å². The maximum Gasteiger partial charge on any atom is 0.0568 e. The molecule has 4 nitrogen and oxygen atoms in total. The predicted octanol–water partition coefficient (Wildman–Crippen LogP) is 3.36. The highest BCUT2D eigenvalue weighted by Gasteiger charge is 2.12. The lowest BCUT2D eigenvalue weighted by Crippen LogP contribution is -2.29. The summed E-state index contributed by atoms with van der Waals surface area (Å²) in [6.07, 6.45) is 4.01. The molecular weight excluding hydrogens is 308 g/mol. The molecule has 0 spiro atoms. The quantitative estimate of drug-likeness (QED) is 0.721. The van der Waals surface area contributed by atoms with Crippen molar-refractivity contribution < 1.29 is 0 Å². The normalized spacial score (nSPS) is 11.2. The highest BCUT2D eigenvalue weighted by atomic mass is 15.2. The maximum atomic E-state index is 5.86. The van der Waals surface area contributed by atoms with Gasteiger partial charge in [-0.1, -0.05) is 54.1 Å². The lowest BCUT2D eigenvalue weighted by atomic mass is 9.99. The Morgan fingerprint density at radius 2 is 1.88 bits per heavy atom. The van der Waals surface area contributed by atoms with Crippen molar-refractivity contribution >= 4 is 0 Å². The van der Waals surface area contributed by atoms with Crippen LogP contribution in [0.4, 0.5) is 0 Å². The number of nitrogens with zero attached hydrogens (tertiary/aromatic N) is 3. The van der Waals surface area contributed by atoms with Gasteiger partial charge in [-0.2, -0.15) is 5.10 Å². The third-order valence-corrected chi connectivity index (χ3v) is 4.37. The first-order valence-corrected chi connectivity index (χ1v) is 8.70. The lowest BCUT2D eigenvalue weighted by Gasteiger charge is -2.23. The minimum Gasteiger partial charge on any atom is -0.329 e. The van der Waals surface area contributed by atoms with E-state index in [1.54, 1.807) is 0 Å². The minimum atomic E-state index is 0.654. The third-order valence-electron chi connectivity index (χ3n) is 4.37. The molecule has 0 aliphatic heterocycles. The molecule has 0 saturated heterocycles. The van der Waals surface area contributed by atoms with Gasteiger partial charge in [0.15, 0.2) is 0 Å². The summed E-state index contributed by atoms with van der Waals surface area (Å²) < 4.78 is 1.85. The van der Waals surface area contributed by atoms with Crippen LogP contribution in [0, 0.1) is 6.92 Å². The van der Waals surface area contributed by atoms with E-state index in [0.29, 0.717) is 6.54 Å². The molecule has 0 amide bonds. The fourth-order valence-corrected chi connectivity index (χ4v) is 3.14. The van der Waals surface area contributed by atoms with Crippen molar-refractivity contribution in [3.05, 3.63) is 77.6 Å². The van der Waals surface area contributed by atoms with Gasteiger partial charge >= 0.3 is 0 Å². The molecule has 1 aromatic heterocycles. The van der Waals surface area contributed by atoms with Gasteiger partial charge < -0.3 is 5.73 Å². The number of hydrogen-bond acceptors (Lipinski definition) is 3. The van der Waals surface area contributed by atoms with Crippen molar-refractivity contribution in [3.8, 4) is 11.1 Å². The van der Waals surface area contributed by atoms with Crippen LogP contribution < -0.4 is 5.73 Å². The van der Waals surface area contributed by atoms with E-state index >= 15 is 0 Å². The van der Waals surface area contributed by atoms with Crippen LogP contribution in [0.5, 0.6) is 0 Å². The average molecular weight is 334 g/mol. The first-order chi connectivity index (χ1) is 12.2. The van der Waals surface area contributed by atoms with Crippen LogP contribution >= 0.6 is 0 Å². The van der Waals surface area contributed by atoms with Crippen LogP contribution in [0.3, 0.4) is 0 Å². The second kappa shape index (κ2) is 8.10. The molecule has 0 aliphatic rings. The number of aromatic nitrogens is 2. The lowest BCUT2D eigenvalue weighted by molar-refractivity contribution is 0.264. The Labute approximate surface area is 149 Å². The van der Waals surface area contributed by atoms with Crippen LogP contribution in [0.25, 0.3) is 11.1 Å². The van der Waals surface area contributed by atoms with Crippen LogP contribution in [-0.2, 0) is 20.1 Å². The molecule has 0 atom stereocenters. The molecule has 0 aliphatic carbocycles. The zero-order chi connectivity index (χ0) is 17.6. The molecule has 2 N–H and O–H groups in total. The Hall–Kier alpha value is -2.43. The Kier molecular flexibility index (Phi) is 5.64. The number of nitrogens with two attached hydrogens (primary N) is 1. The zero-order valence-corrected chi connectivity index (χ0v) is 15.0. The first-order valence-electron chi connectivity index (χ1n) is 8.70. The summed E-state index contributed by atoms with van der Waals surface area (Å²) in [4.78, 5) is 2.40. The van der Waals surface area contributed by atoms with Crippen molar-refractivity contribution in [1.82, 2.24) is 14.7 Å². The second-order valence-corrected chi connectivity index (χ2v) is 6.55.